The van der Waals surface area contributed by atoms with Gasteiger partial charge in [0.05, 0.1) is 13.0 Å². The van der Waals surface area contributed by atoms with Crippen molar-refractivity contribution >= 4 is 11.8 Å². The molecule has 0 aromatic heterocycles. The van der Waals surface area contributed by atoms with E-state index < -0.39 is 0 Å². The molecule has 5 heteroatoms. The highest BCUT2D eigenvalue weighted by atomic mass is 16.5. The predicted octanol–water partition coefficient (Wildman–Crippen LogP) is 2.63. The van der Waals surface area contributed by atoms with Crippen molar-refractivity contribution in [1.82, 2.24) is 9.80 Å². The molecule has 5 nitrogen and oxygen atoms in total. The van der Waals surface area contributed by atoms with Crippen molar-refractivity contribution in [3.63, 3.8) is 0 Å². The summed E-state index contributed by atoms with van der Waals surface area (Å²) in [6.45, 7) is 2.39. The summed E-state index contributed by atoms with van der Waals surface area (Å²) in [6, 6.07) is 16.0. The molecule has 2 aromatic carbocycles. The first-order chi connectivity index (χ1) is 13.1. The number of likely N-dealkylation sites (tertiary alicyclic amines) is 1. The maximum absolute atomic E-state index is 13.0. The van der Waals surface area contributed by atoms with Crippen LogP contribution in [0.15, 0.2) is 48.5 Å². The lowest BCUT2D eigenvalue weighted by Gasteiger charge is -2.30. The number of ether oxygens (including phenoxy) is 1. The highest BCUT2D eigenvalue weighted by Gasteiger charge is 2.37. The van der Waals surface area contributed by atoms with Crippen LogP contribution < -0.4 is 4.74 Å². The Balaban J connectivity index is 1.40. The third kappa shape index (κ3) is 3.68. The number of rotatable bonds is 4. The van der Waals surface area contributed by atoms with E-state index in [-0.39, 0.29) is 17.7 Å². The Morgan fingerprint density at radius 2 is 1.96 bits per heavy atom. The molecule has 1 atom stereocenters. The van der Waals surface area contributed by atoms with E-state index in [1.54, 1.807) is 12.0 Å². The van der Waals surface area contributed by atoms with Gasteiger partial charge in [-0.3, -0.25) is 9.59 Å². The van der Waals surface area contributed by atoms with Gasteiger partial charge in [-0.05, 0) is 35.2 Å². The van der Waals surface area contributed by atoms with E-state index in [2.05, 4.69) is 12.1 Å². The Morgan fingerprint density at radius 1 is 1.15 bits per heavy atom. The summed E-state index contributed by atoms with van der Waals surface area (Å²) in [5.74, 6) is 0.687. The molecule has 0 radical (unpaired) electrons. The Morgan fingerprint density at radius 3 is 2.78 bits per heavy atom. The highest BCUT2D eigenvalue weighted by Crippen LogP contribution is 2.26. The van der Waals surface area contributed by atoms with Crippen LogP contribution in [0.1, 0.15) is 23.1 Å². The molecule has 1 unspecified atom stereocenters. The molecule has 0 bridgehead atoms. The quantitative estimate of drug-likeness (QED) is 0.838. The Labute approximate surface area is 159 Å². The molecule has 2 aliphatic heterocycles. The fourth-order valence-electron chi connectivity index (χ4n) is 4.02. The minimum atomic E-state index is -0.242. The summed E-state index contributed by atoms with van der Waals surface area (Å²) < 4.78 is 5.25. The molecule has 140 valence electrons. The first kappa shape index (κ1) is 17.6. The molecule has 0 N–H and O–H groups in total. The maximum Gasteiger partial charge on any atom is 0.228 e. The standard InChI is InChI=1S/C22H24N2O3/c1-27-20-8-4-5-16(11-20)13-24-15-19(12-21(24)25)22(26)23-10-9-17-6-2-3-7-18(17)14-23/h2-8,11,19H,9-10,12-15H2,1H3. The van der Waals surface area contributed by atoms with Gasteiger partial charge in [-0.1, -0.05) is 36.4 Å². The number of benzene rings is 2. The van der Waals surface area contributed by atoms with Gasteiger partial charge < -0.3 is 14.5 Å². The zero-order valence-corrected chi connectivity index (χ0v) is 15.6. The van der Waals surface area contributed by atoms with E-state index in [1.807, 2.05) is 41.3 Å². The number of hydrogen-bond donors (Lipinski definition) is 0. The van der Waals surface area contributed by atoms with E-state index in [0.29, 0.717) is 26.1 Å². The summed E-state index contributed by atoms with van der Waals surface area (Å²) in [5.41, 5.74) is 3.56. The zero-order valence-electron chi connectivity index (χ0n) is 15.6. The molecular weight excluding hydrogens is 340 g/mol. The SMILES string of the molecule is COc1cccc(CN2CC(C(=O)N3CCc4ccccc4C3)CC2=O)c1. The van der Waals surface area contributed by atoms with Crippen molar-refractivity contribution in [3.8, 4) is 5.75 Å². The van der Waals surface area contributed by atoms with Crippen LogP contribution >= 0.6 is 0 Å². The van der Waals surface area contributed by atoms with E-state index in [1.165, 1.54) is 11.1 Å². The number of carbonyl (C=O) groups excluding carboxylic acids is 2. The lowest BCUT2D eigenvalue weighted by atomic mass is 9.98. The third-order valence-corrected chi connectivity index (χ3v) is 5.51. The van der Waals surface area contributed by atoms with Crippen LogP contribution in [0.3, 0.4) is 0 Å². The van der Waals surface area contributed by atoms with Crippen molar-refractivity contribution in [3.05, 3.63) is 65.2 Å². The molecule has 0 saturated carbocycles. The average Bonchev–Trinajstić information content (AvgIpc) is 3.07. The van der Waals surface area contributed by atoms with E-state index in [9.17, 15) is 9.59 Å². The minimum Gasteiger partial charge on any atom is -0.497 e. The zero-order chi connectivity index (χ0) is 18.8. The second-order valence-electron chi connectivity index (χ2n) is 7.31. The smallest absolute Gasteiger partial charge is 0.228 e. The van der Waals surface area contributed by atoms with Crippen LogP contribution in [0.25, 0.3) is 0 Å². The van der Waals surface area contributed by atoms with E-state index in [0.717, 1.165) is 24.3 Å². The van der Waals surface area contributed by atoms with Gasteiger partial charge in [0.1, 0.15) is 5.75 Å². The second kappa shape index (κ2) is 7.43. The summed E-state index contributed by atoms with van der Waals surface area (Å²) >= 11 is 0. The van der Waals surface area contributed by atoms with Crippen molar-refractivity contribution in [2.75, 3.05) is 20.2 Å². The van der Waals surface area contributed by atoms with Gasteiger partial charge in [0.2, 0.25) is 11.8 Å². The number of hydrogen-bond acceptors (Lipinski definition) is 3. The van der Waals surface area contributed by atoms with Crippen molar-refractivity contribution in [2.45, 2.75) is 25.9 Å². The van der Waals surface area contributed by atoms with Crippen molar-refractivity contribution in [2.24, 2.45) is 5.92 Å². The van der Waals surface area contributed by atoms with Crippen LogP contribution in [0.5, 0.6) is 5.75 Å². The van der Waals surface area contributed by atoms with Crippen LogP contribution in [-0.2, 0) is 29.1 Å². The molecule has 27 heavy (non-hydrogen) atoms. The van der Waals surface area contributed by atoms with Gasteiger partial charge in [-0.2, -0.15) is 0 Å². The first-order valence-electron chi connectivity index (χ1n) is 9.40. The van der Waals surface area contributed by atoms with Crippen LogP contribution in [-0.4, -0.2) is 41.8 Å². The number of nitrogens with zero attached hydrogens (tertiary/aromatic N) is 2. The normalized spacial score (nSPS) is 19.1. The summed E-state index contributed by atoms with van der Waals surface area (Å²) in [5, 5.41) is 0. The summed E-state index contributed by atoms with van der Waals surface area (Å²) in [6.07, 6.45) is 1.19. The number of carbonyl (C=O) groups is 2. The van der Waals surface area contributed by atoms with Crippen molar-refractivity contribution in [1.29, 1.82) is 0 Å². The maximum atomic E-state index is 13.0. The number of fused-ring (bicyclic) bond motifs is 1. The predicted molar refractivity (Wildman–Crippen MR) is 102 cm³/mol. The van der Waals surface area contributed by atoms with Gasteiger partial charge in [0.15, 0.2) is 0 Å². The van der Waals surface area contributed by atoms with Gasteiger partial charge in [0, 0.05) is 32.6 Å². The summed E-state index contributed by atoms with van der Waals surface area (Å²) in [4.78, 5) is 29.1. The fraction of sp³-hybridized carbons (Fsp3) is 0.364. The van der Waals surface area contributed by atoms with Gasteiger partial charge >= 0.3 is 0 Å². The topological polar surface area (TPSA) is 49.9 Å². The van der Waals surface area contributed by atoms with Crippen molar-refractivity contribution < 1.29 is 14.3 Å². The molecule has 1 saturated heterocycles. The summed E-state index contributed by atoms with van der Waals surface area (Å²) in [7, 11) is 1.63. The number of methoxy groups -OCH3 is 1. The molecule has 0 aliphatic carbocycles. The molecule has 1 fully saturated rings. The molecular formula is C22H24N2O3. The Bertz CT molecular complexity index is 864. The molecule has 2 amide bonds. The lowest BCUT2D eigenvalue weighted by molar-refractivity contribution is -0.136. The first-order valence-corrected chi connectivity index (χ1v) is 9.40. The van der Waals surface area contributed by atoms with Crippen LogP contribution in [0, 0.1) is 5.92 Å². The average molecular weight is 364 g/mol. The Hall–Kier alpha value is -2.82. The molecule has 4 rings (SSSR count). The molecule has 0 spiro atoms. The third-order valence-electron chi connectivity index (χ3n) is 5.51. The van der Waals surface area contributed by atoms with E-state index in [4.69, 9.17) is 4.74 Å². The number of amides is 2. The largest absolute Gasteiger partial charge is 0.497 e. The van der Waals surface area contributed by atoms with Gasteiger partial charge in [-0.15, -0.1) is 0 Å². The van der Waals surface area contributed by atoms with Gasteiger partial charge in [0.25, 0.3) is 0 Å². The van der Waals surface area contributed by atoms with Gasteiger partial charge in [-0.25, -0.2) is 0 Å². The molecule has 2 heterocycles. The minimum absolute atomic E-state index is 0.0496. The van der Waals surface area contributed by atoms with E-state index >= 15 is 0 Å². The lowest BCUT2D eigenvalue weighted by Crippen LogP contribution is -2.40. The monoisotopic (exact) mass is 364 g/mol. The molecule has 2 aromatic rings. The van der Waals surface area contributed by atoms with Crippen LogP contribution in [0.2, 0.25) is 0 Å². The van der Waals surface area contributed by atoms with Crippen LogP contribution in [0.4, 0.5) is 0 Å². The molecule has 2 aliphatic rings. The highest BCUT2D eigenvalue weighted by molar-refractivity contribution is 5.89. The Kier molecular flexibility index (Phi) is 4.84. The fourth-order valence-corrected chi connectivity index (χ4v) is 4.02. The second-order valence-corrected chi connectivity index (χ2v) is 7.31.